The zero-order valence-electron chi connectivity index (χ0n) is 15.4. The van der Waals surface area contributed by atoms with E-state index in [0.717, 1.165) is 25.0 Å². The number of benzene rings is 2. The fourth-order valence-corrected chi connectivity index (χ4v) is 3.35. The molecule has 0 spiro atoms. The van der Waals surface area contributed by atoms with E-state index in [4.69, 9.17) is 4.74 Å². The van der Waals surface area contributed by atoms with E-state index >= 15 is 0 Å². The van der Waals surface area contributed by atoms with Gasteiger partial charge in [-0.05, 0) is 31.9 Å². The molecule has 2 aromatic rings. The van der Waals surface area contributed by atoms with Crippen LogP contribution in [-0.4, -0.2) is 31.4 Å². The Morgan fingerprint density at radius 2 is 1.68 bits per heavy atom. The number of esters is 1. The summed E-state index contributed by atoms with van der Waals surface area (Å²) in [5, 5.41) is 0. The van der Waals surface area contributed by atoms with Crippen LogP contribution in [-0.2, 0) is 10.9 Å². The van der Waals surface area contributed by atoms with Gasteiger partial charge in [-0.3, -0.25) is 4.79 Å². The van der Waals surface area contributed by atoms with Crippen LogP contribution in [0.4, 0.5) is 18.9 Å². The molecule has 1 saturated heterocycles. The van der Waals surface area contributed by atoms with Crippen molar-refractivity contribution in [2.45, 2.75) is 25.9 Å². The fourth-order valence-electron chi connectivity index (χ4n) is 3.35. The molecule has 0 amide bonds. The second kappa shape index (κ2) is 8.04. The third kappa shape index (κ3) is 4.03. The highest BCUT2D eigenvalue weighted by molar-refractivity contribution is 6.13. The van der Waals surface area contributed by atoms with Gasteiger partial charge in [-0.2, -0.15) is 13.2 Å². The molecule has 0 bridgehead atoms. The second-order valence-electron chi connectivity index (χ2n) is 6.52. The molecule has 7 heteroatoms. The van der Waals surface area contributed by atoms with Crippen molar-refractivity contribution in [3.05, 3.63) is 64.7 Å². The molecule has 0 unspecified atom stereocenters. The molecular formula is C21H20F3NO3. The van der Waals surface area contributed by atoms with E-state index in [1.165, 1.54) is 6.92 Å². The van der Waals surface area contributed by atoms with Crippen LogP contribution < -0.4 is 4.90 Å². The van der Waals surface area contributed by atoms with Gasteiger partial charge < -0.3 is 9.64 Å². The van der Waals surface area contributed by atoms with E-state index in [1.807, 2.05) is 0 Å². The lowest BCUT2D eigenvalue weighted by atomic mass is 9.95. The molecule has 4 nitrogen and oxygen atoms in total. The third-order valence-electron chi connectivity index (χ3n) is 4.66. The van der Waals surface area contributed by atoms with Crippen LogP contribution >= 0.6 is 0 Å². The molecule has 2 aromatic carbocycles. The molecule has 0 N–H and O–H groups in total. The zero-order valence-corrected chi connectivity index (χ0v) is 15.4. The van der Waals surface area contributed by atoms with Crippen LogP contribution in [0.3, 0.4) is 0 Å². The van der Waals surface area contributed by atoms with Crippen LogP contribution in [0.2, 0.25) is 0 Å². The van der Waals surface area contributed by atoms with Crippen LogP contribution in [0.5, 0.6) is 0 Å². The average Bonchev–Trinajstić information content (AvgIpc) is 3.21. The van der Waals surface area contributed by atoms with Gasteiger partial charge in [0.25, 0.3) is 0 Å². The molecular weight excluding hydrogens is 371 g/mol. The Labute approximate surface area is 160 Å². The van der Waals surface area contributed by atoms with E-state index < -0.39 is 29.1 Å². The molecule has 148 valence electrons. The first-order valence-corrected chi connectivity index (χ1v) is 9.10. The van der Waals surface area contributed by atoms with Crippen molar-refractivity contribution in [2.24, 2.45) is 0 Å². The number of rotatable bonds is 5. The smallest absolute Gasteiger partial charge is 0.417 e. The Morgan fingerprint density at radius 3 is 2.25 bits per heavy atom. The Balaban J connectivity index is 2.21. The summed E-state index contributed by atoms with van der Waals surface area (Å²) in [6.07, 6.45) is -3.08. The van der Waals surface area contributed by atoms with Crippen LogP contribution in [0.25, 0.3) is 0 Å². The zero-order chi connectivity index (χ0) is 20.3. The lowest BCUT2D eigenvalue weighted by Gasteiger charge is -2.24. The van der Waals surface area contributed by atoms with E-state index in [9.17, 15) is 22.8 Å². The number of anilines is 1. The van der Waals surface area contributed by atoms with Gasteiger partial charge in [0.05, 0.1) is 17.7 Å². The van der Waals surface area contributed by atoms with Gasteiger partial charge in [0.15, 0.2) is 5.78 Å². The summed E-state index contributed by atoms with van der Waals surface area (Å²) in [5.41, 5.74) is -1.11. The number of nitrogens with zero attached hydrogens (tertiary/aromatic N) is 1. The van der Waals surface area contributed by atoms with E-state index in [2.05, 4.69) is 0 Å². The van der Waals surface area contributed by atoms with Crippen LogP contribution in [0.15, 0.2) is 42.5 Å². The first-order chi connectivity index (χ1) is 13.3. The topological polar surface area (TPSA) is 46.6 Å². The predicted molar refractivity (Wildman–Crippen MR) is 98.7 cm³/mol. The Morgan fingerprint density at radius 1 is 1.04 bits per heavy atom. The standard InChI is InChI=1S/C21H20F3NO3/c1-2-28-20(27)15-12-16(19(26)14-8-4-3-5-9-14)18(25-10-6-7-11-25)13-17(15)21(22,23)24/h3-5,8-9,12-13H,2,6-7,10-11H2,1H3. The molecule has 0 aliphatic carbocycles. The van der Waals surface area contributed by atoms with Gasteiger partial charge in [-0.15, -0.1) is 0 Å². The molecule has 28 heavy (non-hydrogen) atoms. The maximum atomic E-state index is 13.7. The molecule has 0 radical (unpaired) electrons. The Hall–Kier alpha value is -2.83. The first kappa shape index (κ1) is 19.9. The number of carbonyl (C=O) groups excluding carboxylic acids is 2. The number of carbonyl (C=O) groups is 2. The number of ketones is 1. The second-order valence-corrected chi connectivity index (χ2v) is 6.52. The maximum Gasteiger partial charge on any atom is 0.417 e. The van der Waals surface area contributed by atoms with Crippen molar-refractivity contribution < 1.29 is 27.5 Å². The van der Waals surface area contributed by atoms with Crippen molar-refractivity contribution in [1.82, 2.24) is 0 Å². The van der Waals surface area contributed by atoms with E-state index in [0.29, 0.717) is 18.7 Å². The fraction of sp³-hybridized carbons (Fsp3) is 0.333. The summed E-state index contributed by atoms with van der Waals surface area (Å²) < 4.78 is 45.8. The minimum absolute atomic E-state index is 0.0635. The van der Waals surface area contributed by atoms with Gasteiger partial charge >= 0.3 is 12.1 Å². The highest BCUT2D eigenvalue weighted by atomic mass is 19.4. The quantitative estimate of drug-likeness (QED) is 0.547. The summed E-state index contributed by atoms with van der Waals surface area (Å²) in [4.78, 5) is 27.0. The molecule has 1 heterocycles. The van der Waals surface area contributed by atoms with Crippen molar-refractivity contribution in [3.8, 4) is 0 Å². The number of hydrogen-bond donors (Lipinski definition) is 0. The highest BCUT2D eigenvalue weighted by Crippen LogP contribution is 2.38. The monoisotopic (exact) mass is 391 g/mol. The van der Waals surface area contributed by atoms with Crippen molar-refractivity contribution in [2.75, 3.05) is 24.6 Å². The van der Waals surface area contributed by atoms with Gasteiger partial charge in [0, 0.05) is 29.9 Å². The summed E-state index contributed by atoms with van der Waals surface area (Å²) >= 11 is 0. The third-order valence-corrected chi connectivity index (χ3v) is 4.66. The van der Waals surface area contributed by atoms with Crippen molar-refractivity contribution in [3.63, 3.8) is 0 Å². The summed E-state index contributed by atoms with van der Waals surface area (Å²) in [7, 11) is 0. The highest BCUT2D eigenvalue weighted by Gasteiger charge is 2.38. The average molecular weight is 391 g/mol. The molecule has 1 aliphatic heterocycles. The normalized spacial score (nSPS) is 14.2. The van der Waals surface area contributed by atoms with E-state index in [1.54, 1.807) is 35.2 Å². The van der Waals surface area contributed by atoms with Gasteiger partial charge in [-0.25, -0.2) is 4.79 Å². The predicted octanol–water partition coefficient (Wildman–Crippen LogP) is 4.71. The first-order valence-electron chi connectivity index (χ1n) is 9.10. The number of ether oxygens (including phenoxy) is 1. The van der Waals surface area contributed by atoms with Crippen molar-refractivity contribution >= 4 is 17.4 Å². The van der Waals surface area contributed by atoms with Crippen molar-refractivity contribution in [1.29, 1.82) is 0 Å². The van der Waals surface area contributed by atoms with Gasteiger partial charge in [-0.1, -0.05) is 30.3 Å². The van der Waals surface area contributed by atoms with Crippen LogP contribution in [0, 0.1) is 0 Å². The molecule has 3 rings (SSSR count). The molecule has 1 fully saturated rings. The number of alkyl halides is 3. The largest absolute Gasteiger partial charge is 0.462 e. The van der Waals surface area contributed by atoms with Gasteiger partial charge in [0.1, 0.15) is 0 Å². The summed E-state index contributed by atoms with van der Waals surface area (Å²) in [5.74, 6) is -1.52. The Kier molecular flexibility index (Phi) is 5.72. The summed E-state index contributed by atoms with van der Waals surface area (Å²) in [6, 6.07) is 10.2. The SMILES string of the molecule is CCOC(=O)c1cc(C(=O)c2ccccc2)c(N2CCCC2)cc1C(F)(F)F. The lowest BCUT2D eigenvalue weighted by molar-refractivity contribution is -0.138. The minimum Gasteiger partial charge on any atom is -0.462 e. The Bertz CT molecular complexity index is 872. The molecule has 0 saturated carbocycles. The maximum absolute atomic E-state index is 13.7. The number of hydrogen-bond acceptors (Lipinski definition) is 4. The van der Waals surface area contributed by atoms with Crippen LogP contribution in [0.1, 0.15) is 51.6 Å². The van der Waals surface area contributed by atoms with E-state index in [-0.39, 0.29) is 17.9 Å². The molecule has 0 aromatic heterocycles. The van der Waals surface area contributed by atoms with Gasteiger partial charge in [0.2, 0.25) is 0 Å². The molecule has 1 aliphatic rings. The lowest BCUT2D eigenvalue weighted by Crippen LogP contribution is -2.24. The minimum atomic E-state index is -4.75. The summed E-state index contributed by atoms with van der Waals surface area (Å²) in [6.45, 7) is 2.57. The number of halogens is 3. The molecule has 0 atom stereocenters.